The molecule has 4 saturated carbocycles. The highest BCUT2D eigenvalue weighted by atomic mass is 32.2. The Balaban J connectivity index is 1.35. The van der Waals surface area contributed by atoms with Gasteiger partial charge in [-0.25, -0.2) is 0 Å². The zero-order chi connectivity index (χ0) is 21.1. The fraction of sp³-hybridized carbons (Fsp3) is 0.731. The molecule has 0 radical (unpaired) electrons. The van der Waals surface area contributed by atoms with Crippen LogP contribution in [0, 0.1) is 35.0 Å². The Hall–Kier alpha value is -0.840. The molecule has 0 heterocycles. The molecule has 3 nitrogen and oxygen atoms in total. The first-order valence-electron chi connectivity index (χ1n) is 12.0. The molecule has 0 amide bonds. The molecule has 0 bridgehead atoms. The molecule has 30 heavy (non-hydrogen) atoms. The van der Waals surface area contributed by atoms with Gasteiger partial charge in [-0.2, -0.15) is 0 Å². The molecule has 1 aromatic carbocycles. The van der Waals surface area contributed by atoms with E-state index < -0.39 is 16.8 Å². The van der Waals surface area contributed by atoms with Gasteiger partial charge in [0.05, 0.1) is 5.60 Å². The number of rotatable bonds is 2. The van der Waals surface area contributed by atoms with E-state index in [1.54, 1.807) is 0 Å². The topological polar surface area (TPSA) is 60.4 Å². The van der Waals surface area contributed by atoms with E-state index in [2.05, 4.69) is 6.92 Å². The number of carbonyl (C=O) groups is 1. The zero-order valence-electron chi connectivity index (χ0n) is 18.4. The molecular formula is C26H36O3S. The van der Waals surface area contributed by atoms with E-state index in [9.17, 15) is 14.5 Å². The van der Waals surface area contributed by atoms with Crippen LogP contribution in [-0.4, -0.2) is 26.3 Å². The van der Waals surface area contributed by atoms with Crippen molar-refractivity contribution in [1.29, 1.82) is 0 Å². The maximum absolute atomic E-state index is 13.7. The van der Waals surface area contributed by atoms with Gasteiger partial charge >= 0.3 is 0 Å². The van der Waals surface area contributed by atoms with Crippen LogP contribution in [0.1, 0.15) is 71.6 Å². The minimum absolute atomic E-state index is 0.271. The van der Waals surface area contributed by atoms with E-state index in [4.69, 9.17) is 0 Å². The van der Waals surface area contributed by atoms with Crippen molar-refractivity contribution in [2.24, 2.45) is 35.0 Å². The van der Waals surface area contributed by atoms with Crippen molar-refractivity contribution in [2.45, 2.75) is 87.4 Å². The Morgan fingerprint density at radius 3 is 2.43 bits per heavy atom. The molecule has 9 atom stereocenters. The largest absolute Gasteiger partial charge is 0.611 e. The molecule has 164 valence electrons. The average Bonchev–Trinajstić information content (AvgIpc) is 2.73. The van der Waals surface area contributed by atoms with Crippen LogP contribution in [0.5, 0.6) is 0 Å². The first kappa shape index (κ1) is 21.0. The van der Waals surface area contributed by atoms with Gasteiger partial charge in [0.2, 0.25) is 0 Å². The highest BCUT2D eigenvalue weighted by Gasteiger charge is 2.59. The van der Waals surface area contributed by atoms with Crippen molar-refractivity contribution in [3.05, 3.63) is 30.3 Å². The summed E-state index contributed by atoms with van der Waals surface area (Å²) in [5.41, 5.74) is -0.783. The lowest BCUT2D eigenvalue weighted by Gasteiger charge is -2.58. The molecule has 5 rings (SSSR count). The number of hydrogen-bond donors (Lipinski definition) is 1. The molecule has 4 aliphatic rings. The lowest BCUT2D eigenvalue weighted by molar-refractivity contribution is -0.149. The minimum Gasteiger partial charge on any atom is -0.611 e. The molecule has 4 aliphatic carbocycles. The molecule has 4 heteroatoms. The second-order valence-corrected chi connectivity index (χ2v) is 12.8. The van der Waals surface area contributed by atoms with Crippen LogP contribution in [0.4, 0.5) is 0 Å². The summed E-state index contributed by atoms with van der Waals surface area (Å²) in [6.07, 6.45) is 9.36. The smallest absolute Gasteiger partial charge is 0.191 e. The number of Topliss-reactive ketones (excluding diaryl/α,β-unsaturated/α-hetero) is 1. The Morgan fingerprint density at radius 2 is 1.67 bits per heavy atom. The molecule has 2 unspecified atom stereocenters. The number of aliphatic hydroxyl groups is 1. The maximum atomic E-state index is 13.7. The van der Waals surface area contributed by atoms with Crippen LogP contribution in [0.3, 0.4) is 0 Å². The van der Waals surface area contributed by atoms with Crippen molar-refractivity contribution in [3.63, 3.8) is 0 Å². The lowest BCUT2D eigenvalue weighted by atomic mass is 9.46. The lowest BCUT2D eigenvalue weighted by Crippen LogP contribution is -2.57. The summed E-state index contributed by atoms with van der Waals surface area (Å²) in [5.74, 6) is 3.49. The summed E-state index contributed by atoms with van der Waals surface area (Å²) in [4.78, 5) is 14.5. The van der Waals surface area contributed by atoms with E-state index in [0.29, 0.717) is 17.8 Å². The van der Waals surface area contributed by atoms with E-state index in [1.165, 1.54) is 12.8 Å². The Labute approximate surface area is 184 Å². The van der Waals surface area contributed by atoms with Crippen molar-refractivity contribution in [1.82, 2.24) is 0 Å². The van der Waals surface area contributed by atoms with Gasteiger partial charge in [0.1, 0.15) is 0 Å². The van der Waals surface area contributed by atoms with Crippen molar-refractivity contribution >= 4 is 17.0 Å². The van der Waals surface area contributed by atoms with Crippen LogP contribution in [-0.2, 0) is 16.0 Å². The van der Waals surface area contributed by atoms with E-state index in [0.717, 1.165) is 61.7 Å². The number of hydrogen-bond acceptors (Lipinski definition) is 3. The Bertz CT molecular complexity index is 793. The van der Waals surface area contributed by atoms with Crippen molar-refractivity contribution in [3.8, 4) is 0 Å². The van der Waals surface area contributed by atoms with Gasteiger partial charge in [-0.3, -0.25) is 4.79 Å². The predicted octanol–water partition coefficient (Wildman–Crippen LogP) is 5.14. The summed E-state index contributed by atoms with van der Waals surface area (Å²) in [6.45, 7) is 4.21. The second-order valence-electron chi connectivity index (χ2n) is 11.2. The van der Waals surface area contributed by atoms with Crippen LogP contribution in [0.2, 0.25) is 0 Å². The van der Waals surface area contributed by atoms with E-state index in [1.807, 2.05) is 37.3 Å². The highest BCUT2D eigenvalue weighted by molar-refractivity contribution is 7.92. The number of ketones is 1. The molecule has 1 aromatic rings. The van der Waals surface area contributed by atoms with Gasteiger partial charge in [0.25, 0.3) is 0 Å². The van der Waals surface area contributed by atoms with Gasteiger partial charge in [0, 0.05) is 11.8 Å². The third kappa shape index (κ3) is 3.38. The highest BCUT2D eigenvalue weighted by Crippen LogP contribution is 2.61. The third-order valence-electron chi connectivity index (χ3n) is 9.46. The normalized spacial score (nSPS) is 47.0. The van der Waals surface area contributed by atoms with Crippen molar-refractivity contribution < 1.29 is 14.5 Å². The molecular weight excluding hydrogens is 392 g/mol. The second kappa shape index (κ2) is 7.64. The number of fused-ring (bicyclic) bond motifs is 5. The molecule has 0 aromatic heterocycles. The van der Waals surface area contributed by atoms with E-state index in [-0.39, 0.29) is 16.4 Å². The first-order chi connectivity index (χ1) is 14.3. The van der Waals surface area contributed by atoms with Crippen molar-refractivity contribution in [2.75, 3.05) is 0 Å². The Kier molecular flexibility index (Phi) is 5.35. The van der Waals surface area contributed by atoms with Gasteiger partial charge < -0.3 is 9.66 Å². The molecule has 0 saturated heterocycles. The SMILES string of the molecule is C[C@@]1(O)CC[C@H]2[C@H](CC[C@@H]3[C@@H]2CC[C@]2(C)C(=O)C([S+]([O-])c4ccccc4)CC[C@@H]32)C1. The van der Waals surface area contributed by atoms with Crippen LogP contribution in [0.15, 0.2) is 35.2 Å². The predicted molar refractivity (Wildman–Crippen MR) is 119 cm³/mol. The van der Waals surface area contributed by atoms with Crippen LogP contribution >= 0.6 is 0 Å². The fourth-order valence-electron chi connectivity index (χ4n) is 7.99. The van der Waals surface area contributed by atoms with Crippen LogP contribution in [0.25, 0.3) is 0 Å². The maximum Gasteiger partial charge on any atom is 0.191 e. The monoisotopic (exact) mass is 428 g/mol. The minimum atomic E-state index is -1.24. The standard InChI is InChI=1S/C26H36O3S/c1-25(28)14-12-19-17(16-25)8-9-21-20(19)13-15-26(2)22(21)10-11-23(24(26)27)30(29)18-6-4-3-5-7-18/h3-7,17,19-23,28H,8-16H2,1-2H3/t17-,19+,20-,21-,22+,23?,25-,26+,30?/m1/s1. The summed E-state index contributed by atoms with van der Waals surface area (Å²) in [7, 11) is 0. The summed E-state index contributed by atoms with van der Waals surface area (Å²) in [6, 6.07) is 9.55. The van der Waals surface area contributed by atoms with Gasteiger partial charge in [-0.15, -0.1) is 0 Å². The first-order valence-corrected chi connectivity index (χ1v) is 13.2. The Morgan fingerprint density at radius 1 is 0.933 bits per heavy atom. The summed E-state index contributed by atoms with van der Waals surface area (Å²) < 4.78 is 13.2. The summed E-state index contributed by atoms with van der Waals surface area (Å²) >= 11 is -1.24. The molecule has 4 fully saturated rings. The quantitative estimate of drug-likeness (QED) is 0.664. The van der Waals surface area contributed by atoms with E-state index >= 15 is 0 Å². The van der Waals surface area contributed by atoms with Crippen LogP contribution < -0.4 is 0 Å². The number of benzene rings is 1. The number of carbonyl (C=O) groups excluding carboxylic acids is 1. The summed E-state index contributed by atoms with van der Waals surface area (Å²) in [5, 5.41) is 10.2. The van der Waals surface area contributed by atoms with Gasteiger partial charge in [0.15, 0.2) is 15.9 Å². The molecule has 1 N–H and O–H groups in total. The third-order valence-corrected chi connectivity index (χ3v) is 11.2. The zero-order valence-corrected chi connectivity index (χ0v) is 19.2. The van der Waals surface area contributed by atoms with Gasteiger partial charge in [-0.1, -0.05) is 25.1 Å². The molecule has 0 spiro atoms. The van der Waals surface area contributed by atoms with Gasteiger partial charge in [-0.05, 0) is 111 Å². The fourth-order valence-corrected chi connectivity index (χ4v) is 9.56. The average molecular weight is 429 g/mol. The molecule has 0 aliphatic heterocycles.